The first-order valence-electron chi connectivity index (χ1n) is 8.30. The van der Waals surface area contributed by atoms with Crippen LogP contribution in [0.5, 0.6) is 0 Å². The maximum Gasteiger partial charge on any atom is 0.248 e. The highest BCUT2D eigenvalue weighted by atomic mass is 32.1. The van der Waals surface area contributed by atoms with Gasteiger partial charge in [-0.15, -0.1) is 10.2 Å². The van der Waals surface area contributed by atoms with Gasteiger partial charge in [-0.3, -0.25) is 15.0 Å². The molecule has 2 aromatic rings. The highest BCUT2D eigenvalue weighted by Crippen LogP contribution is 2.29. The Morgan fingerprint density at radius 2 is 1.79 bits per heavy atom. The van der Waals surface area contributed by atoms with Crippen LogP contribution in [0.2, 0.25) is 0 Å². The molecule has 0 saturated heterocycles. The van der Waals surface area contributed by atoms with E-state index < -0.39 is 0 Å². The van der Waals surface area contributed by atoms with Crippen LogP contribution in [0.4, 0.5) is 5.13 Å². The van der Waals surface area contributed by atoms with Gasteiger partial charge in [0.05, 0.1) is 0 Å². The summed E-state index contributed by atoms with van der Waals surface area (Å²) in [6.45, 7) is 12.0. The maximum absolute atomic E-state index is 12.9. The molecule has 0 radical (unpaired) electrons. The van der Waals surface area contributed by atoms with Crippen molar-refractivity contribution in [2.24, 2.45) is 0 Å². The Morgan fingerprint density at radius 3 is 2.29 bits per heavy atom. The zero-order valence-corrected chi connectivity index (χ0v) is 15.9. The number of nitrogens with one attached hydrogen (secondary N) is 1. The number of hydrogen-bond acceptors (Lipinski definition) is 5. The van der Waals surface area contributed by atoms with Crippen molar-refractivity contribution in [3.63, 3.8) is 0 Å². The summed E-state index contributed by atoms with van der Waals surface area (Å²) in [5, 5.41) is 12.7. The van der Waals surface area contributed by atoms with Gasteiger partial charge in [-0.05, 0) is 18.7 Å². The van der Waals surface area contributed by atoms with E-state index in [4.69, 9.17) is 0 Å². The molecule has 0 fully saturated rings. The van der Waals surface area contributed by atoms with Gasteiger partial charge in [0, 0.05) is 5.41 Å². The first-order valence-corrected chi connectivity index (χ1v) is 9.12. The van der Waals surface area contributed by atoms with E-state index in [1.807, 2.05) is 30.3 Å². The summed E-state index contributed by atoms with van der Waals surface area (Å²) in [6, 6.07) is 9.53. The summed E-state index contributed by atoms with van der Waals surface area (Å²) >= 11 is 1.43. The second-order valence-electron chi connectivity index (χ2n) is 6.69. The van der Waals surface area contributed by atoms with Crippen molar-refractivity contribution in [1.82, 2.24) is 15.1 Å². The molecule has 1 aromatic carbocycles. The molecule has 0 aliphatic heterocycles. The Bertz CT molecular complexity index is 659. The van der Waals surface area contributed by atoms with E-state index in [9.17, 15) is 4.79 Å². The van der Waals surface area contributed by atoms with E-state index in [2.05, 4.69) is 55.0 Å². The second-order valence-corrected chi connectivity index (χ2v) is 7.66. The molecule has 0 saturated carbocycles. The Balaban J connectivity index is 2.23. The SMILES string of the molecule is CCN(CC)C(C(=O)Nc1nnc(C(C)(C)C)s1)c1ccccc1. The minimum atomic E-state index is -0.330. The Hall–Kier alpha value is -1.79. The number of rotatable bonds is 6. The largest absolute Gasteiger partial charge is 0.299 e. The summed E-state index contributed by atoms with van der Waals surface area (Å²) in [5.41, 5.74) is 0.914. The Labute approximate surface area is 148 Å². The third kappa shape index (κ3) is 4.39. The number of anilines is 1. The van der Waals surface area contributed by atoms with Crippen molar-refractivity contribution in [2.45, 2.75) is 46.1 Å². The van der Waals surface area contributed by atoms with E-state index in [0.717, 1.165) is 23.7 Å². The van der Waals surface area contributed by atoms with Crippen LogP contribution in [0.1, 0.15) is 51.2 Å². The zero-order chi connectivity index (χ0) is 17.7. The van der Waals surface area contributed by atoms with Crippen LogP contribution in [0.25, 0.3) is 0 Å². The zero-order valence-electron chi connectivity index (χ0n) is 15.0. The lowest BCUT2D eigenvalue weighted by atomic mass is 9.98. The van der Waals surface area contributed by atoms with Gasteiger partial charge < -0.3 is 0 Å². The van der Waals surface area contributed by atoms with Crippen molar-refractivity contribution >= 4 is 22.4 Å². The standard InChI is InChI=1S/C18H26N4OS/c1-6-22(7-2)14(13-11-9-8-10-12-13)15(23)19-17-21-20-16(24-17)18(3,4)5/h8-12,14H,6-7H2,1-5H3,(H,19,21,23). The molecule has 1 N–H and O–H groups in total. The lowest BCUT2D eigenvalue weighted by Crippen LogP contribution is -2.37. The summed E-state index contributed by atoms with van der Waals surface area (Å²) in [5.74, 6) is -0.0680. The summed E-state index contributed by atoms with van der Waals surface area (Å²) in [6.07, 6.45) is 0. The fraction of sp³-hybridized carbons (Fsp3) is 0.500. The Kier molecular flexibility index (Phi) is 6.07. The minimum absolute atomic E-state index is 0.0680. The number of benzene rings is 1. The topological polar surface area (TPSA) is 58.1 Å². The van der Waals surface area contributed by atoms with Gasteiger partial charge in [-0.2, -0.15) is 0 Å². The molecule has 6 heteroatoms. The van der Waals surface area contributed by atoms with Gasteiger partial charge in [0.2, 0.25) is 11.0 Å². The van der Waals surface area contributed by atoms with Gasteiger partial charge in [-0.1, -0.05) is 76.3 Å². The lowest BCUT2D eigenvalue weighted by Gasteiger charge is -2.28. The second kappa shape index (κ2) is 7.85. The van der Waals surface area contributed by atoms with Crippen molar-refractivity contribution < 1.29 is 4.79 Å². The average molecular weight is 346 g/mol. The van der Waals surface area contributed by atoms with E-state index in [1.54, 1.807) is 0 Å². The average Bonchev–Trinajstić information content (AvgIpc) is 3.01. The molecule has 1 amide bonds. The van der Waals surface area contributed by atoms with Crippen molar-refractivity contribution in [3.05, 3.63) is 40.9 Å². The van der Waals surface area contributed by atoms with E-state index in [0.29, 0.717) is 5.13 Å². The molecule has 0 aliphatic rings. The molecule has 2 rings (SSSR count). The van der Waals surface area contributed by atoms with Crippen molar-refractivity contribution in [2.75, 3.05) is 18.4 Å². The summed E-state index contributed by atoms with van der Waals surface area (Å²) < 4.78 is 0. The van der Waals surface area contributed by atoms with Crippen LogP contribution in [-0.2, 0) is 10.2 Å². The fourth-order valence-corrected chi connectivity index (χ4v) is 3.31. The van der Waals surface area contributed by atoms with Gasteiger partial charge in [0.1, 0.15) is 11.0 Å². The third-order valence-corrected chi connectivity index (χ3v) is 5.10. The summed E-state index contributed by atoms with van der Waals surface area (Å²) in [7, 11) is 0. The van der Waals surface area contributed by atoms with Crippen LogP contribution < -0.4 is 5.32 Å². The lowest BCUT2D eigenvalue weighted by molar-refractivity contribution is -0.121. The van der Waals surface area contributed by atoms with E-state index in [-0.39, 0.29) is 17.4 Å². The highest BCUT2D eigenvalue weighted by Gasteiger charge is 2.27. The van der Waals surface area contributed by atoms with Crippen LogP contribution >= 0.6 is 11.3 Å². The number of carbonyl (C=O) groups excluding carboxylic acids is 1. The van der Waals surface area contributed by atoms with Crippen molar-refractivity contribution in [3.8, 4) is 0 Å². The predicted molar refractivity (Wildman–Crippen MR) is 99.3 cm³/mol. The van der Waals surface area contributed by atoms with E-state index >= 15 is 0 Å². The number of amides is 1. The molecule has 1 heterocycles. The summed E-state index contributed by atoms with van der Waals surface area (Å²) in [4.78, 5) is 15.1. The third-order valence-electron chi connectivity index (χ3n) is 3.84. The Morgan fingerprint density at radius 1 is 1.17 bits per heavy atom. The number of likely N-dealkylation sites (N-methyl/N-ethyl adjacent to an activating group) is 1. The molecule has 0 bridgehead atoms. The molecule has 1 aromatic heterocycles. The van der Waals surface area contributed by atoms with Crippen molar-refractivity contribution in [1.29, 1.82) is 0 Å². The molecule has 1 atom stereocenters. The molecule has 1 unspecified atom stereocenters. The van der Waals surface area contributed by atoms with Gasteiger partial charge in [0.15, 0.2) is 0 Å². The number of carbonyl (C=O) groups is 1. The van der Waals surface area contributed by atoms with Crippen LogP contribution in [0.3, 0.4) is 0 Å². The predicted octanol–water partition coefficient (Wildman–Crippen LogP) is 3.86. The molecular formula is C18H26N4OS. The smallest absolute Gasteiger partial charge is 0.248 e. The number of hydrogen-bond donors (Lipinski definition) is 1. The molecular weight excluding hydrogens is 320 g/mol. The highest BCUT2D eigenvalue weighted by molar-refractivity contribution is 7.15. The molecule has 5 nitrogen and oxygen atoms in total. The molecule has 0 spiro atoms. The van der Waals surface area contributed by atoms with Gasteiger partial charge in [0.25, 0.3) is 0 Å². The molecule has 0 aliphatic carbocycles. The maximum atomic E-state index is 12.9. The first-order chi connectivity index (χ1) is 11.4. The fourth-order valence-electron chi connectivity index (χ4n) is 2.50. The molecule has 24 heavy (non-hydrogen) atoms. The minimum Gasteiger partial charge on any atom is -0.299 e. The van der Waals surface area contributed by atoms with E-state index in [1.165, 1.54) is 11.3 Å². The van der Waals surface area contributed by atoms with Gasteiger partial charge >= 0.3 is 0 Å². The number of aromatic nitrogens is 2. The first kappa shape index (κ1) is 18.5. The monoisotopic (exact) mass is 346 g/mol. The molecule has 130 valence electrons. The van der Waals surface area contributed by atoms with Crippen LogP contribution in [-0.4, -0.2) is 34.1 Å². The normalized spacial score (nSPS) is 13.1. The van der Waals surface area contributed by atoms with Crippen LogP contribution in [0.15, 0.2) is 30.3 Å². The van der Waals surface area contributed by atoms with Crippen LogP contribution in [0, 0.1) is 0 Å². The number of nitrogens with zero attached hydrogens (tertiary/aromatic N) is 3. The van der Waals surface area contributed by atoms with Gasteiger partial charge in [-0.25, -0.2) is 0 Å². The quantitative estimate of drug-likeness (QED) is 0.863.